The van der Waals surface area contributed by atoms with E-state index in [0.717, 1.165) is 16.9 Å². The van der Waals surface area contributed by atoms with Crippen LogP contribution in [0, 0.1) is 0 Å². The fourth-order valence-corrected chi connectivity index (χ4v) is 1.68. The van der Waals surface area contributed by atoms with Crippen molar-refractivity contribution in [2.45, 2.75) is 12.7 Å². The van der Waals surface area contributed by atoms with E-state index in [4.69, 9.17) is 4.74 Å². The van der Waals surface area contributed by atoms with Crippen LogP contribution in [-0.4, -0.2) is 16.4 Å². The van der Waals surface area contributed by atoms with Gasteiger partial charge < -0.3 is 4.74 Å². The summed E-state index contributed by atoms with van der Waals surface area (Å²) in [5.74, 6) is 0.659. The van der Waals surface area contributed by atoms with Crippen LogP contribution in [0.3, 0.4) is 0 Å². The lowest BCUT2D eigenvalue weighted by Crippen LogP contribution is -2.09. The molecule has 0 atom stereocenters. The highest BCUT2D eigenvalue weighted by atomic mass is 79.9. The molecule has 0 aliphatic heterocycles. The van der Waals surface area contributed by atoms with E-state index in [-0.39, 0.29) is 13.2 Å². The van der Waals surface area contributed by atoms with Crippen molar-refractivity contribution in [3.63, 3.8) is 0 Å². The summed E-state index contributed by atoms with van der Waals surface area (Å²) in [6, 6.07) is 7.19. The number of hydrogen-bond acceptors (Lipinski definition) is 2. The van der Waals surface area contributed by atoms with Crippen molar-refractivity contribution in [2.24, 2.45) is 0 Å². The lowest BCUT2D eigenvalue weighted by Gasteiger charge is -2.06. The maximum absolute atomic E-state index is 12.3. The number of halogens is 4. The monoisotopic (exact) mass is 334 g/mol. The largest absolute Gasteiger partial charge is 0.492 e. The van der Waals surface area contributed by atoms with Crippen molar-refractivity contribution in [1.82, 2.24) is 9.78 Å². The molecule has 0 N–H and O–H groups in total. The van der Waals surface area contributed by atoms with Gasteiger partial charge in [0.1, 0.15) is 12.4 Å². The van der Waals surface area contributed by atoms with Crippen LogP contribution in [0.4, 0.5) is 13.2 Å². The van der Waals surface area contributed by atoms with Gasteiger partial charge in [0.25, 0.3) is 0 Å². The smallest absolute Gasteiger partial charge is 0.419 e. The molecule has 0 saturated heterocycles. The van der Waals surface area contributed by atoms with Crippen LogP contribution in [0.15, 0.2) is 41.1 Å². The molecule has 1 heterocycles. The molecule has 0 radical (unpaired) electrons. The molecule has 2 rings (SSSR count). The average molecular weight is 335 g/mol. The van der Waals surface area contributed by atoms with Gasteiger partial charge in [-0.1, -0.05) is 15.9 Å². The Labute approximate surface area is 116 Å². The van der Waals surface area contributed by atoms with Gasteiger partial charge >= 0.3 is 6.18 Å². The fraction of sp³-hybridized carbons (Fsp3) is 0.250. The highest BCUT2D eigenvalue weighted by molar-refractivity contribution is 9.10. The molecule has 19 heavy (non-hydrogen) atoms. The van der Waals surface area contributed by atoms with Crippen molar-refractivity contribution in [1.29, 1.82) is 0 Å². The van der Waals surface area contributed by atoms with E-state index in [2.05, 4.69) is 21.0 Å². The molecule has 0 aliphatic rings. The van der Waals surface area contributed by atoms with Gasteiger partial charge in [-0.15, -0.1) is 0 Å². The first-order valence-electron chi connectivity index (χ1n) is 5.43. The van der Waals surface area contributed by atoms with Crippen LogP contribution in [0.25, 0.3) is 0 Å². The van der Waals surface area contributed by atoms with Crippen molar-refractivity contribution < 1.29 is 17.9 Å². The van der Waals surface area contributed by atoms with E-state index >= 15 is 0 Å². The molecular weight excluding hydrogens is 325 g/mol. The third-order valence-corrected chi connectivity index (χ3v) is 2.89. The van der Waals surface area contributed by atoms with Crippen molar-refractivity contribution in [3.05, 3.63) is 46.7 Å². The Balaban J connectivity index is 1.86. The van der Waals surface area contributed by atoms with E-state index in [1.807, 2.05) is 12.1 Å². The van der Waals surface area contributed by atoms with Crippen LogP contribution >= 0.6 is 15.9 Å². The van der Waals surface area contributed by atoms with Crippen LogP contribution in [0.2, 0.25) is 0 Å². The molecular formula is C12H10BrF3N2O. The maximum Gasteiger partial charge on any atom is 0.419 e. The molecule has 2 aromatic rings. The maximum atomic E-state index is 12.3. The van der Waals surface area contributed by atoms with Crippen LogP contribution in [-0.2, 0) is 12.7 Å². The molecule has 0 unspecified atom stereocenters. The number of rotatable bonds is 4. The van der Waals surface area contributed by atoms with Crippen LogP contribution < -0.4 is 4.74 Å². The first-order valence-corrected chi connectivity index (χ1v) is 6.22. The standard InChI is InChI=1S/C12H10BrF3N2O/c13-10-1-3-11(4-2-10)19-6-5-18-8-9(7-17-18)12(14,15)16/h1-4,7-8H,5-6H2. The summed E-state index contributed by atoms with van der Waals surface area (Å²) in [6.07, 6.45) is -2.59. The number of alkyl halides is 3. The highest BCUT2D eigenvalue weighted by Crippen LogP contribution is 2.28. The van der Waals surface area contributed by atoms with E-state index in [0.29, 0.717) is 5.75 Å². The molecule has 0 saturated carbocycles. The third kappa shape index (κ3) is 3.99. The summed E-state index contributed by atoms with van der Waals surface area (Å²) in [4.78, 5) is 0. The van der Waals surface area contributed by atoms with Gasteiger partial charge in [0, 0.05) is 10.7 Å². The van der Waals surface area contributed by atoms with Gasteiger partial charge in [-0.05, 0) is 24.3 Å². The summed E-state index contributed by atoms with van der Waals surface area (Å²) in [5.41, 5.74) is -0.754. The predicted octanol–water partition coefficient (Wildman–Crippen LogP) is 3.74. The van der Waals surface area contributed by atoms with Crippen molar-refractivity contribution in [2.75, 3.05) is 6.61 Å². The predicted molar refractivity (Wildman–Crippen MR) is 66.9 cm³/mol. The number of nitrogens with zero attached hydrogens (tertiary/aromatic N) is 2. The second-order valence-electron chi connectivity index (χ2n) is 3.79. The Morgan fingerprint density at radius 3 is 2.47 bits per heavy atom. The first kappa shape index (κ1) is 13.9. The quantitative estimate of drug-likeness (QED) is 0.851. The van der Waals surface area contributed by atoms with Gasteiger partial charge in [-0.2, -0.15) is 18.3 Å². The molecule has 3 nitrogen and oxygen atoms in total. The van der Waals surface area contributed by atoms with Crippen molar-refractivity contribution in [3.8, 4) is 5.75 Å². The normalized spacial score (nSPS) is 11.6. The molecule has 0 bridgehead atoms. The fourth-order valence-electron chi connectivity index (χ4n) is 1.42. The highest BCUT2D eigenvalue weighted by Gasteiger charge is 2.32. The summed E-state index contributed by atoms with van der Waals surface area (Å²) in [5, 5.41) is 3.64. The molecule has 0 fully saturated rings. The molecule has 7 heteroatoms. The first-order chi connectivity index (χ1) is 8.95. The second kappa shape index (κ2) is 5.64. The van der Waals surface area contributed by atoms with E-state index in [9.17, 15) is 13.2 Å². The summed E-state index contributed by atoms with van der Waals surface area (Å²) >= 11 is 3.30. The Bertz CT molecular complexity index is 537. The lowest BCUT2D eigenvalue weighted by atomic mass is 10.3. The minimum absolute atomic E-state index is 0.251. The van der Waals surface area contributed by atoms with Gasteiger partial charge in [0.15, 0.2) is 0 Å². The van der Waals surface area contributed by atoms with Gasteiger partial charge in [0.05, 0.1) is 18.3 Å². The zero-order chi connectivity index (χ0) is 13.9. The molecule has 1 aromatic carbocycles. The van der Waals surface area contributed by atoms with Gasteiger partial charge in [-0.3, -0.25) is 4.68 Å². The minimum atomic E-state index is -4.36. The van der Waals surface area contributed by atoms with E-state index in [1.165, 1.54) is 4.68 Å². The lowest BCUT2D eigenvalue weighted by molar-refractivity contribution is -0.137. The Kier molecular flexibility index (Phi) is 4.14. The summed E-state index contributed by atoms with van der Waals surface area (Å²) < 4.78 is 44.6. The Hall–Kier alpha value is -1.50. The Morgan fingerprint density at radius 1 is 1.21 bits per heavy atom. The number of hydrogen-bond donors (Lipinski definition) is 0. The molecule has 102 valence electrons. The van der Waals surface area contributed by atoms with E-state index in [1.54, 1.807) is 12.1 Å². The van der Waals surface area contributed by atoms with Crippen LogP contribution in [0.5, 0.6) is 5.75 Å². The van der Waals surface area contributed by atoms with Crippen LogP contribution in [0.1, 0.15) is 5.56 Å². The molecule has 0 spiro atoms. The third-order valence-electron chi connectivity index (χ3n) is 2.36. The SMILES string of the molecule is FC(F)(F)c1cnn(CCOc2ccc(Br)cc2)c1. The molecule has 0 amide bonds. The molecule has 0 aliphatic carbocycles. The summed E-state index contributed by atoms with van der Waals surface area (Å²) in [6.45, 7) is 0.507. The molecule has 1 aromatic heterocycles. The minimum Gasteiger partial charge on any atom is -0.492 e. The zero-order valence-corrected chi connectivity index (χ0v) is 11.3. The number of ether oxygens (including phenoxy) is 1. The number of benzene rings is 1. The van der Waals surface area contributed by atoms with Crippen molar-refractivity contribution >= 4 is 15.9 Å². The van der Waals surface area contributed by atoms with E-state index < -0.39 is 11.7 Å². The number of aromatic nitrogens is 2. The Morgan fingerprint density at radius 2 is 1.89 bits per heavy atom. The topological polar surface area (TPSA) is 27.1 Å². The zero-order valence-electron chi connectivity index (χ0n) is 9.69. The summed E-state index contributed by atoms with van der Waals surface area (Å²) in [7, 11) is 0. The van der Waals surface area contributed by atoms with Gasteiger partial charge in [-0.25, -0.2) is 0 Å². The van der Waals surface area contributed by atoms with Gasteiger partial charge in [0.2, 0.25) is 0 Å². The average Bonchev–Trinajstić information content (AvgIpc) is 2.80. The second-order valence-corrected chi connectivity index (χ2v) is 4.71.